The lowest BCUT2D eigenvalue weighted by molar-refractivity contribution is 0.582. The van der Waals surface area contributed by atoms with Crippen LogP contribution in [0.5, 0.6) is 0 Å². The van der Waals surface area contributed by atoms with Crippen LogP contribution in [0.25, 0.3) is 0 Å². The number of aromatic nitrogens is 3. The topological polar surface area (TPSA) is 90.9 Å². The molecule has 74 valence electrons. The van der Waals surface area contributed by atoms with E-state index in [1.165, 1.54) is 11.0 Å². The van der Waals surface area contributed by atoms with Crippen molar-refractivity contribution in [1.82, 2.24) is 14.8 Å². The van der Waals surface area contributed by atoms with Gasteiger partial charge in [-0.25, -0.2) is 18.1 Å². The van der Waals surface area contributed by atoms with E-state index < -0.39 is 9.84 Å². The zero-order valence-electron chi connectivity index (χ0n) is 7.34. The lowest BCUT2D eigenvalue weighted by Gasteiger charge is -1.99. The molecule has 1 heterocycles. The van der Waals surface area contributed by atoms with Crippen LogP contribution in [-0.2, 0) is 16.4 Å². The summed E-state index contributed by atoms with van der Waals surface area (Å²) in [6.45, 7) is 1.92. The summed E-state index contributed by atoms with van der Waals surface area (Å²) in [5.41, 5.74) is 5.26. The van der Waals surface area contributed by atoms with Crippen LogP contribution in [0.3, 0.4) is 0 Å². The zero-order chi connectivity index (χ0) is 9.90. The molecule has 0 bridgehead atoms. The van der Waals surface area contributed by atoms with Gasteiger partial charge in [-0.3, -0.25) is 0 Å². The number of hydrogen-bond acceptors (Lipinski definition) is 5. The molecule has 13 heavy (non-hydrogen) atoms. The van der Waals surface area contributed by atoms with Crippen molar-refractivity contribution in [3.05, 3.63) is 6.33 Å². The Morgan fingerprint density at radius 3 is 2.77 bits per heavy atom. The van der Waals surface area contributed by atoms with E-state index in [9.17, 15) is 8.42 Å². The number of aryl methyl sites for hydroxylation is 1. The van der Waals surface area contributed by atoms with Gasteiger partial charge in [-0.2, -0.15) is 0 Å². The summed E-state index contributed by atoms with van der Waals surface area (Å²) >= 11 is 0. The summed E-state index contributed by atoms with van der Waals surface area (Å²) < 4.78 is 23.6. The minimum absolute atomic E-state index is 0.0757. The number of rotatable bonds is 4. The van der Waals surface area contributed by atoms with Crippen LogP contribution in [0.2, 0.25) is 0 Å². The fraction of sp³-hybridized carbons (Fsp3) is 0.667. The second-order valence-corrected chi connectivity index (χ2v) is 5.07. The summed E-state index contributed by atoms with van der Waals surface area (Å²) in [7, 11) is -2.94. The standard InChI is InChI=1S/C6H12N4O2S/c1-2-13(11,12)4-3-10-5-8-6(7)9-10/h5H,2-4H2,1H3,(H2,7,9). The minimum atomic E-state index is -2.94. The Hall–Kier alpha value is -1.11. The summed E-state index contributed by atoms with van der Waals surface area (Å²) in [6, 6.07) is 0. The Bertz CT molecular complexity index is 370. The summed E-state index contributed by atoms with van der Waals surface area (Å²) in [4.78, 5) is 3.68. The van der Waals surface area contributed by atoms with Crippen LogP contribution in [0, 0.1) is 0 Å². The third-order valence-corrected chi connectivity index (χ3v) is 3.31. The molecule has 0 aromatic carbocycles. The van der Waals surface area contributed by atoms with E-state index in [-0.39, 0.29) is 17.5 Å². The molecule has 2 N–H and O–H groups in total. The Balaban J connectivity index is 2.53. The molecule has 0 unspecified atom stereocenters. The number of anilines is 1. The van der Waals surface area contributed by atoms with Gasteiger partial charge in [0.15, 0.2) is 9.84 Å². The molecule has 0 aliphatic heterocycles. The van der Waals surface area contributed by atoms with Crippen molar-refractivity contribution in [3.63, 3.8) is 0 Å². The molecule has 0 aliphatic carbocycles. The number of nitrogens with two attached hydrogens (primary N) is 1. The summed E-state index contributed by atoms with van der Waals surface area (Å²) in [5.74, 6) is 0.387. The van der Waals surface area contributed by atoms with Crippen molar-refractivity contribution in [2.45, 2.75) is 13.5 Å². The van der Waals surface area contributed by atoms with Gasteiger partial charge in [0.25, 0.3) is 0 Å². The summed E-state index contributed by atoms with van der Waals surface area (Å²) in [5, 5.41) is 3.77. The van der Waals surface area contributed by atoms with Crippen molar-refractivity contribution >= 4 is 15.8 Å². The van der Waals surface area contributed by atoms with E-state index in [2.05, 4.69) is 10.1 Å². The van der Waals surface area contributed by atoms with Crippen LogP contribution in [0.1, 0.15) is 6.92 Å². The first-order valence-electron chi connectivity index (χ1n) is 3.89. The predicted octanol–water partition coefficient (Wildman–Crippen LogP) is -0.705. The van der Waals surface area contributed by atoms with E-state index in [0.717, 1.165) is 0 Å². The monoisotopic (exact) mass is 204 g/mol. The quantitative estimate of drug-likeness (QED) is 0.700. The molecule has 1 aromatic heterocycles. The van der Waals surface area contributed by atoms with E-state index >= 15 is 0 Å². The van der Waals surface area contributed by atoms with Gasteiger partial charge in [-0.15, -0.1) is 5.10 Å². The first-order valence-corrected chi connectivity index (χ1v) is 5.71. The van der Waals surface area contributed by atoms with Crippen molar-refractivity contribution in [2.75, 3.05) is 17.2 Å². The Morgan fingerprint density at radius 2 is 2.31 bits per heavy atom. The number of nitrogens with zero attached hydrogens (tertiary/aromatic N) is 3. The highest BCUT2D eigenvalue weighted by atomic mass is 32.2. The van der Waals surface area contributed by atoms with Gasteiger partial charge in [0.05, 0.1) is 12.3 Å². The Morgan fingerprint density at radius 1 is 1.62 bits per heavy atom. The van der Waals surface area contributed by atoms with Gasteiger partial charge in [0.2, 0.25) is 5.95 Å². The van der Waals surface area contributed by atoms with Gasteiger partial charge < -0.3 is 5.73 Å². The molecule has 0 fully saturated rings. The zero-order valence-corrected chi connectivity index (χ0v) is 8.16. The molecule has 7 heteroatoms. The number of nitrogen functional groups attached to an aromatic ring is 1. The van der Waals surface area contributed by atoms with E-state index in [1.54, 1.807) is 6.92 Å². The van der Waals surface area contributed by atoms with Crippen molar-refractivity contribution in [1.29, 1.82) is 0 Å². The molecule has 0 spiro atoms. The maximum Gasteiger partial charge on any atom is 0.239 e. The van der Waals surface area contributed by atoms with Gasteiger partial charge in [0, 0.05) is 5.75 Å². The predicted molar refractivity (Wildman–Crippen MR) is 48.8 cm³/mol. The SMILES string of the molecule is CCS(=O)(=O)CCn1cnc(N)n1. The van der Waals surface area contributed by atoms with Gasteiger partial charge in [0.1, 0.15) is 6.33 Å². The van der Waals surface area contributed by atoms with Crippen LogP contribution < -0.4 is 5.73 Å². The molecule has 6 nitrogen and oxygen atoms in total. The van der Waals surface area contributed by atoms with Crippen LogP contribution in [-0.4, -0.2) is 34.7 Å². The lowest BCUT2D eigenvalue weighted by atomic mass is 10.8. The van der Waals surface area contributed by atoms with Crippen LogP contribution >= 0.6 is 0 Å². The number of hydrogen-bond donors (Lipinski definition) is 1. The van der Waals surface area contributed by atoms with E-state index in [0.29, 0.717) is 6.54 Å². The minimum Gasteiger partial charge on any atom is -0.367 e. The molecular weight excluding hydrogens is 192 g/mol. The second kappa shape index (κ2) is 3.73. The molecule has 0 saturated carbocycles. The highest BCUT2D eigenvalue weighted by Crippen LogP contribution is 1.94. The third kappa shape index (κ3) is 3.02. The molecule has 0 atom stereocenters. The molecule has 1 aromatic rings. The third-order valence-electron chi connectivity index (χ3n) is 1.63. The van der Waals surface area contributed by atoms with Gasteiger partial charge in [-0.05, 0) is 0 Å². The van der Waals surface area contributed by atoms with Crippen molar-refractivity contribution in [2.24, 2.45) is 0 Å². The van der Waals surface area contributed by atoms with Crippen LogP contribution in [0.15, 0.2) is 6.33 Å². The largest absolute Gasteiger partial charge is 0.367 e. The fourth-order valence-electron chi connectivity index (χ4n) is 0.794. The fourth-order valence-corrected chi connectivity index (χ4v) is 1.55. The van der Waals surface area contributed by atoms with Crippen molar-refractivity contribution < 1.29 is 8.42 Å². The van der Waals surface area contributed by atoms with Crippen molar-refractivity contribution in [3.8, 4) is 0 Å². The molecule has 0 radical (unpaired) electrons. The molecule has 1 rings (SSSR count). The molecule has 0 saturated heterocycles. The maximum absolute atomic E-state index is 11.1. The van der Waals surface area contributed by atoms with Gasteiger partial charge >= 0.3 is 0 Å². The molecule has 0 aliphatic rings. The molecule has 0 amide bonds. The first-order chi connectivity index (χ1) is 6.03. The smallest absolute Gasteiger partial charge is 0.239 e. The highest BCUT2D eigenvalue weighted by molar-refractivity contribution is 7.91. The average Bonchev–Trinajstić information content (AvgIpc) is 2.48. The lowest BCUT2D eigenvalue weighted by Crippen LogP contribution is -2.15. The van der Waals surface area contributed by atoms with E-state index in [1.807, 2.05) is 0 Å². The number of sulfone groups is 1. The van der Waals surface area contributed by atoms with Gasteiger partial charge in [-0.1, -0.05) is 6.92 Å². The average molecular weight is 204 g/mol. The van der Waals surface area contributed by atoms with Crippen LogP contribution in [0.4, 0.5) is 5.95 Å². The highest BCUT2D eigenvalue weighted by Gasteiger charge is 2.07. The maximum atomic E-state index is 11.1. The molecular formula is C6H12N4O2S. The Kier molecular flexibility index (Phi) is 2.86. The normalized spacial score (nSPS) is 11.8. The summed E-state index contributed by atoms with van der Waals surface area (Å²) in [6.07, 6.45) is 1.42. The first kappa shape index (κ1) is 9.97. The van der Waals surface area contributed by atoms with E-state index in [4.69, 9.17) is 5.73 Å². The Labute approximate surface area is 76.7 Å². The second-order valence-electron chi connectivity index (χ2n) is 2.60.